The van der Waals surface area contributed by atoms with Gasteiger partial charge in [0.25, 0.3) is 0 Å². The lowest BCUT2D eigenvalue weighted by molar-refractivity contribution is 0.0498. The summed E-state index contributed by atoms with van der Waals surface area (Å²) in [6, 6.07) is 2.99. The predicted molar refractivity (Wildman–Crippen MR) is 84.5 cm³/mol. The lowest BCUT2D eigenvalue weighted by Crippen LogP contribution is -2.08. The first-order valence-electron chi connectivity index (χ1n) is 6.98. The summed E-state index contributed by atoms with van der Waals surface area (Å²) in [5.41, 5.74) is 6.26. The Kier molecular flexibility index (Phi) is 7.78. The van der Waals surface area contributed by atoms with Crippen molar-refractivity contribution in [2.24, 2.45) is 0 Å². The van der Waals surface area contributed by atoms with Gasteiger partial charge in [0.05, 0.1) is 22.2 Å². The number of benzene rings is 1. The Morgan fingerprint density at radius 3 is 2.50 bits per heavy atom. The van der Waals surface area contributed by atoms with Crippen LogP contribution in [0, 0.1) is 0 Å². The smallest absolute Gasteiger partial charge is 0.339 e. The summed E-state index contributed by atoms with van der Waals surface area (Å²) in [6.45, 7) is 2.58. The van der Waals surface area contributed by atoms with Crippen molar-refractivity contribution in [3.05, 3.63) is 27.7 Å². The van der Waals surface area contributed by atoms with Crippen LogP contribution in [0.2, 0.25) is 10.0 Å². The highest BCUT2D eigenvalue weighted by Crippen LogP contribution is 2.29. The van der Waals surface area contributed by atoms with E-state index in [4.69, 9.17) is 33.7 Å². The van der Waals surface area contributed by atoms with E-state index in [0.29, 0.717) is 12.3 Å². The molecule has 1 aromatic carbocycles. The molecule has 0 aliphatic carbocycles. The van der Waals surface area contributed by atoms with Crippen molar-refractivity contribution in [2.75, 3.05) is 12.3 Å². The Labute approximate surface area is 130 Å². The highest BCUT2D eigenvalue weighted by Gasteiger charge is 2.15. The third kappa shape index (κ3) is 5.59. The van der Waals surface area contributed by atoms with Gasteiger partial charge in [0.2, 0.25) is 0 Å². The van der Waals surface area contributed by atoms with Crippen molar-refractivity contribution in [2.45, 2.75) is 45.4 Å². The summed E-state index contributed by atoms with van der Waals surface area (Å²) < 4.78 is 5.19. The fourth-order valence-electron chi connectivity index (χ4n) is 1.88. The topological polar surface area (TPSA) is 52.3 Å². The van der Waals surface area contributed by atoms with Gasteiger partial charge in [-0.1, -0.05) is 62.2 Å². The number of unbranched alkanes of at least 4 members (excludes halogenated alkanes) is 5. The summed E-state index contributed by atoms with van der Waals surface area (Å²) >= 11 is 11.8. The van der Waals surface area contributed by atoms with Crippen LogP contribution >= 0.6 is 23.2 Å². The summed E-state index contributed by atoms with van der Waals surface area (Å²) in [7, 11) is 0. The van der Waals surface area contributed by atoms with Crippen molar-refractivity contribution in [3.8, 4) is 0 Å². The standard InChI is InChI=1S/C15H21Cl2NO2/c1-2-3-4-5-6-7-8-20-15(19)12-9-11(18)10-13(16)14(12)17/h9-10H,2-8,18H2,1H3. The number of carbonyl (C=O) groups is 1. The maximum atomic E-state index is 11.9. The summed E-state index contributed by atoms with van der Waals surface area (Å²) in [4.78, 5) is 11.9. The molecule has 112 valence electrons. The van der Waals surface area contributed by atoms with E-state index in [-0.39, 0.29) is 15.6 Å². The molecule has 0 bridgehead atoms. The minimum atomic E-state index is -0.474. The van der Waals surface area contributed by atoms with Gasteiger partial charge in [0.15, 0.2) is 0 Å². The quantitative estimate of drug-likeness (QED) is 0.412. The molecule has 0 atom stereocenters. The molecule has 0 spiro atoms. The Bertz CT molecular complexity index is 450. The second-order valence-electron chi connectivity index (χ2n) is 4.77. The largest absolute Gasteiger partial charge is 0.462 e. The molecule has 0 heterocycles. The number of esters is 1. The van der Waals surface area contributed by atoms with Crippen LogP contribution in [0.5, 0.6) is 0 Å². The molecule has 0 unspecified atom stereocenters. The van der Waals surface area contributed by atoms with Crippen LogP contribution in [-0.2, 0) is 4.74 Å². The number of hydrogen-bond acceptors (Lipinski definition) is 3. The predicted octanol–water partition coefficient (Wildman–Crippen LogP) is 5.09. The third-order valence-electron chi connectivity index (χ3n) is 3.00. The van der Waals surface area contributed by atoms with Gasteiger partial charge in [0, 0.05) is 5.69 Å². The Hall–Kier alpha value is -0.930. The fraction of sp³-hybridized carbons (Fsp3) is 0.533. The summed E-state index contributed by atoms with van der Waals surface area (Å²) in [5, 5.41) is 0.451. The number of halogens is 2. The molecule has 0 aliphatic heterocycles. The molecule has 5 heteroatoms. The first-order valence-corrected chi connectivity index (χ1v) is 7.73. The van der Waals surface area contributed by atoms with E-state index in [2.05, 4.69) is 6.92 Å². The number of nitrogen functional groups attached to an aromatic ring is 1. The minimum Gasteiger partial charge on any atom is -0.462 e. The van der Waals surface area contributed by atoms with Crippen LogP contribution in [-0.4, -0.2) is 12.6 Å². The summed E-state index contributed by atoms with van der Waals surface area (Å²) in [6.07, 6.45) is 6.83. The number of nitrogens with two attached hydrogens (primary N) is 1. The highest BCUT2D eigenvalue weighted by molar-refractivity contribution is 6.44. The summed E-state index contributed by atoms with van der Waals surface area (Å²) in [5.74, 6) is -0.474. The van der Waals surface area contributed by atoms with Gasteiger partial charge in [-0.15, -0.1) is 0 Å². The molecule has 3 nitrogen and oxygen atoms in total. The normalized spacial score (nSPS) is 10.6. The van der Waals surface area contributed by atoms with E-state index >= 15 is 0 Å². The average molecular weight is 318 g/mol. The molecule has 1 rings (SSSR count). The highest BCUT2D eigenvalue weighted by atomic mass is 35.5. The van der Waals surface area contributed by atoms with Crippen LogP contribution < -0.4 is 5.73 Å². The van der Waals surface area contributed by atoms with E-state index in [1.807, 2.05) is 0 Å². The Balaban J connectivity index is 2.36. The maximum absolute atomic E-state index is 11.9. The first-order chi connectivity index (χ1) is 9.56. The maximum Gasteiger partial charge on any atom is 0.339 e. The van der Waals surface area contributed by atoms with Gasteiger partial charge >= 0.3 is 5.97 Å². The van der Waals surface area contributed by atoms with Crippen LogP contribution in [0.4, 0.5) is 5.69 Å². The number of rotatable bonds is 8. The van der Waals surface area contributed by atoms with Gasteiger partial charge in [-0.2, -0.15) is 0 Å². The molecule has 0 fully saturated rings. The van der Waals surface area contributed by atoms with Gasteiger partial charge < -0.3 is 10.5 Å². The molecule has 0 saturated carbocycles. The second kappa shape index (κ2) is 9.09. The minimum absolute atomic E-state index is 0.189. The molecule has 0 aromatic heterocycles. The lowest BCUT2D eigenvalue weighted by Gasteiger charge is -2.08. The van der Waals surface area contributed by atoms with Crippen molar-refractivity contribution >= 4 is 34.9 Å². The second-order valence-corrected chi connectivity index (χ2v) is 5.55. The molecule has 2 N–H and O–H groups in total. The zero-order chi connectivity index (χ0) is 15.0. The molecule has 0 amide bonds. The van der Waals surface area contributed by atoms with Crippen molar-refractivity contribution in [1.82, 2.24) is 0 Å². The van der Waals surface area contributed by atoms with E-state index in [9.17, 15) is 4.79 Å². The first kappa shape index (κ1) is 17.1. The zero-order valence-corrected chi connectivity index (χ0v) is 13.3. The molecular formula is C15H21Cl2NO2. The molecule has 1 aromatic rings. The van der Waals surface area contributed by atoms with Crippen molar-refractivity contribution in [3.63, 3.8) is 0 Å². The van der Waals surface area contributed by atoms with E-state index < -0.39 is 5.97 Å². The Morgan fingerprint density at radius 2 is 1.80 bits per heavy atom. The average Bonchev–Trinajstić information content (AvgIpc) is 2.41. The van der Waals surface area contributed by atoms with Crippen LogP contribution in [0.1, 0.15) is 55.8 Å². The van der Waals surface area contributed by atoms with Crippen LogP contribution in [0.25, 0.3) is 0 Å². The van der Waals surface area contributed by atoms with Crippen molar-refractivity contribution in [1.29, 1.82) is 0 Å². The zero-order valence-electron chi connectivity index (χ0n) is 11.8. The van der Waals surface area contributed by atoms with Crippen LogP contribution in [0.15, 0.2) is 12.1 Å². The number of ether oxygens (including phenoxy) is 1. The number of hydrogen-bond donors (Lipinski definition) is 1. The number of anilines is 1. The third-order valence-corrected chi connectivity index (χ3v) is 3.80. The van der Waals surface area contributed by atoms with E-state index in [1.165, 1.54) is 37.8 Å². The van der Waals surface area contributed by atoms with Gasteiger partial charge in [-0.25, -0.2) is 4.79 Å². The van der Waals surface area contributed by atoms with E-state index in [1.54, 1.807) is 0 Å². The fourth-order valence-corrected chi connectivity index (χ4v) is 2.30. The molecule has 0 saturated heterocycles. The monoisotopic (exact) mass is 317 g/mol. The number of carbonyl (C=O) groups excluding carboxylic acids is 1. The van der Waals surface area contributed by atoms with Gasteiger partial charge in [0.1, 0.15) is 0 Å². The van der Waals surface area contributed by atoms with Crippen LogP contribution in [0.3, 0.4) is 0 Å². The van der Waals surface area contributed by atoms with Crippen molar-refractivity contribution < 1.29 is 9.53 Å². The molecular weight excluding hydrogens is 297 g/mol. The van der Waals surface area contributed by atoms with Gasteiger partial charge in [-0.05, 0) is 18.6 Å². The molecule has 0 radical (unpaired) electrons. The SMILES string of the molecule is CCCCCCCCOC(=O)c1cc(N)cc(Cl)c1Cl. The van der Waals surface area contributed by atoms with E-state index in [0.717, 1.165) is 12.8 Å². The molecule has 0 aliphatic rings. The molecule has 20 heavy (non-hydrogen) atoms. The lowest BCUT2D eigenvalue weighted by atomic mass is 10.1. The van der Waals surface area contributed by atoms with Gasteiger partial charge in [-0.3, -0.25) is 0 Å². The Morgan fingerprint density at radius 1 is 1.15 bits per heavy atom.